The molecule has 94 valence electrons. The fraction of sp³-hybridized carbons (Fsp3) is 0.571. The van der Waals surface area contributed by atoms with Gasteiger partial charge in [-0.2, -0.15) is 0 Å². The first-order valence-corrected chi connectivity index (χ1v) is 7.13. The molecular formula is C14H21BrN2. The van der Waals surface area contributed by atoms with E-state index in [0.29, 0.717) is 0 Å². The molecule has 2 nitrogen and oxygen atoms in total. The van der Waals surface area contributed by atoms with Crippen molar-refractivity contribution in [2.24, 2.45) is 0 Å². The number of halogens is 1. The van der Waals surface area contributed by atoms with Gasteiger partial charge >= 0.3 is 0 Å². The Morgan fingerprint density at radius 2 is 2.06 bits per heavy atom. The Morgan fingerprint density at radius 1 is 1.35 bits per heavy atom. The van der Waals surface area contributed by atoms with E-state index in [2.05, 4.69) is 58.3 Å². The van der Waals surface area contributed by atoms with E-state index in [4.69, 9.17) is 0 Å². The van der Waals surface area contributed by atoms with Crippen molar-refractivity contribution in [2.45, 2.75) is 32.4 Å². The Kier molecular flexibility index (Phi) is 4.60. The van der Waals surface area contributed by atoms with Crippen molar-refractivity contribution in [1.29, 1.82) is 0 Å². The highest BCUT2D eigenvalue weighted by Gasteiger charge is 2.17. The van der Waals surface area contributed by atoms with Crippen molar-refractivity contribution >= 4 is 15.9 Å². The predicted octanol–water partition coefficient (Wildman–Crippen LogP) is 2.94. The molecule has 1 fully saturated rings. The highest BCUT2D eigenvalue weighted by atomic mass is 79.9. The second-order valence-corrected chi connectivity index (χ2v) is 5.78. The minimum atomic E-state index is 0.720. The molecule has 0 radical (unpaired) electrons. The number of aryl methyl sites for hydroxylation is 1. The summed E-state index contributed by atoms with van der Waals surface area (Å²) in [6.45, 7) is 5.66. The summed E-state index contributed by atoms with van der Waals surface area (Å²) < 4.78 is 1.20. The van der Waals surface area contributed by atoms with Crippen LogP contribution in [0.25, 0.3) is 0 Å². The van der Waals surface area contributed by atoms with Gasteiger partial charge in [-0.25, -0.2) is 0 Å². The van der Waals surface area contributed by atoms with Crippen LogP contribution in [-0.4, -0.2) is 31.1 Å². The summed E-state index contributed by atoms with van der Waals surface area (Å²) in [5.74, 6) is 0. The first kappa shape index (κ1) is 13.1. The Labute approximate surface area is 113 Å². The normalized spacial score (nSPS) is 18.5. The van der Waals surface area contributed by atoms with Gasteiger partial charge in [0, 0.05) is 17.1 Å². The lowest BCUT2D eigenvalue weighted by molar-refractivity contribution is 0.194. The maximum Gasteiger partial charge on any atom is 0.0233 e. The maximum atomic E-state index is 3.55. The van der Waals surface area contributed by atoms with Crippen molar-refractivity contribution < 1.29 is 0 Å². The molecule has 0 amide bonds. The van der Waals surface area contributed by atoms with E-state index < -0.39 is 0 Å². The van der Waals surface area contributed by atoms with Crippen LogP contribution >= 0.6 is 15.9 Å². The maximum absolute atomic E-state index is 3.55. The quantitative estimate of drug-likeness (QED) is 0.923. The number of likely N-dealkylation sites (tertiary alicyclic amines) is 1. The summed E-state index contributed by atoms with van der Waals surface area (Å²) in [7, 11) is 2.07. The van der Waals surface area contributed by atoms with Crippen LogP contribution in [0, 0.1) is 6.92 Å². The molecule has 0 unspecified atom stereocenters. The molecule has 1 aliphatic heterocycles. The van der Waals surface area contributed by atoms with E-state index in [1.165, 1.54) is 41.5 Å². The molecule has 0 aromatic heterocycles. The van der Waals surface area contributed by atoms with Crippen LogP contribution in [0.4, 0.5) is 0 Å². The molecule has 1 aromatic carbocycles. The summed E-state index contributed by atoms with van der Waals surface area (Å²) >= 11 is 3.55. The second kappa shape index (κ2) is 5.98. The molecule has 0 bridgehead atoms. The minimum Gasteiger partial charge on any atom is -0.317 e. The molecule has 0 spiro atoms. The SMILES string of the molecule is CNC1CCN(Cc2ccc(Br)c(C)c2)CC1. The van der Waals surface area contributed by atoms with Crippen molar-refractivity contribution in [3.05, 3.63) is 33.8 Å². The lowest BCUT2D eigenvalue weighted by Crippen LogP contribution is -2.40. The zero-order chi connectivity index (χ0) is 12.3. The largest absolute Gasteiger partial charge is 0.317 e. The van der Waals surface area contributed by atoms with E-state index in [9.17, 15) is 0 Å². The van der Waals surface area contributed by atoms with Gasteiger partial charge in [0.05, 0.1) is 0 Å². The smallest absolute Gasteiger partial charge is 0.0233 e. The Hall–Kier alpha value is -0.380. The highest BCUT2D eigenvalue weighted by molar-refractivity contribution is 9.10. The predicted molar refractivity (Wildman–Crippen MR) is 76.2 cm³/mol. The fourth-order valence-corrected chi connectivity index (χ4v) is 2.69. The summed E-state index contributed by atoms with van der Waals surface area (Å²) in [6, 6.07) is 7.39. The third-order valence-corrected chi connectivity index (χ3v) is 4.51. The zero-order valence-electron chi connectivity index (χ0n) is 10.7. The van der Waals surface area contributed by atoms with Gasteiger partial charge in [0.1, 0.15) is 0 Å². The summed E-state index contributed by atoms with van der Waals surface area (Å²) in [5, 5.41) is 3.37. The number of hydrogen-bond acceptors (Lipinski definition) is 2. The summed E-state index contributed by atoms with van der Waals surface area (Å²) in [6.07, 6.45) is 2.54. The standard InChI is InChI=1S/C14H21BrN2/c1-11-9-12(3-4-14(11)15)10-17-7-5-13(16-2)6-8-17/h3-4,9,13,16H,5-8,10H2,1-2H3. The lowest BCUT2D eigenvalue weighted by Gasteiger charge is -2.31. The van der Waals surface area contributed by atoms with Crippen LogP contribution < -0.4 is 5.32 Å². The Bertz CT molecular complexity index is 370. The molecule has 0 atom stereocenters. The third kappa shape index (κ3) is 3.54. The zero-order valence-corrected chi connectivity index (χ0v) is 12.3. The lowest BCUT2D eigenvalue weighted by atomic mass is 10.0. The molecule has 1 aromatic rings. The van der Waals surface area contributed by atoms with Gasteiger partial charge in [0.15, 0.2) is 0 Å². The van der Waals surface area contributed by atoms with E-state index in [-0.39, 0.29) is 0 Å². The van der Waals surface area contributed by atoms with E-state index in [1.807, 2.05) is 0 Å². The van der Waals surface area contributed by atoms with Gasteiger partial charge in [-0.15, -0.1) is 0 Å². The van der Waals surface area contributed by atoms with Gasteiger partial charge in [-0.05, 0) is 57.1 Å². The topological polar surface area (TPSA) is 15.3 Å². The van der Waals surface area contributed by atoms with Gasteiger partial charge in [0.25, 0.3) is 0 Å². The van der Waals surface area contributed by atoms with Gasteiger partial charge in [-0.1, -0.05) is 28.1 Å². The summed E-state index contributed by atoms with van der Waals surface area (Å²) in [4.78, 5) is 2.55. The van der Waals surface area contributed by atoms with E-state index in [1.54, 1.807) is 0 Å². The van der Waals surface area contributed by atoms with Crippen LogP contribution in [0.15, 0.2) is 22.7 Å². The van der Waals surface area contributed by atoms with Crippen LogP contribution in [0.3, 0.4) is 0 Å². The molecule has 2 rings (SSSR count). The molecule has 1 aliphatic rings. The number of nitrogens with zero attached hydrogens (tertiary/aromatic N) is 1. The third-order valence-electron chi connectivity index (χ3n) is 3.62. The summed E-state index contributed by atoms with van der Waals surface area (Å²) in [5.41, 5.74) is 2.75. The number of nitrogens with one attached hydrogen (secondary N) is 1. The molecule has 1 N–H and O–H groups in total. The first-order chi connectivity index (χ1) is 8.19. The average molecular weight is 297 g/mol. The first-order valence-electron chi connectivity index (χ1n) is 6.33. The average Bonchev–Trinajstić information content (AvgIpc) is 2.35. The second-order valence-electron chi connectivity index (χ2n) is 4.92. The van der Waals surface area contributed by atoms with Crippen molar-refractivity contribution in [2.75, 3.05) is 20.1 Å². The van der Waals surface area contributed by atoms with E-state index in [0.717, 1.165) is 12.6 Å². The van der Waals surface area contributed by atoms with E-state index >= 15 is 0 Å². The Balaban J connectivity index is 1.91. The van der Waals surface area contributed by atoms with Crippen molar-refractivity contribution in [3.63, 3.8) is 0 Å². The molecule has 0 saturated carbocycles. The van der Waals surface area contributed by atoms with Crippen LogP contribution in [0.2, 0.25) is 0 Å². The number of rotatable bonds is 3. The van der Waals surface area contributed by atoms with Crippen molar-refractivity contribution in [3.8, 4) is 0 Å². The Morgan fingerprint density at radius 3 is 2.65 bits per heavy atom. The van der Waals surface area contributed by atoms with Gasteiger partial charge in [0.2, 0.25) is 0 Å². The van der Waals surface area contributed by atoms with Crippen LogP contribution in [0.5, 0.6) is 0 Å². The molecule has 1 heterocycles. The fourth-order valence-electron chi connectivity index (χ4n) is 2.44. The molecule has 1 saturated heterocycles. The molecule has 3 heteroatoms. The number of benzene rings is 1. The number of piperidine rings is 1. The molecule has 0 aliphatic carbocycles. The van der Waals surface area contributed by atoms with Gasteiger partial charge < -0.3 is 5.32 Å². The monoisotopic (exact) mass is 296 g/mol. The van der Waals surface area contributed by atoms with Gasteiger partial charge in [-0.3, -0.25) is 4.90 Å². The minimum absolute atomic E-state index is 0.720. The molecule has 17 heavy (non-hydrogen) atoms. The number of hydrogen-bond donors (Lipinski definition) is 1. The van der Waals surface area contributed by atoms with Crippen LogP contribution in [-0.2, 0) is 6.54 Å². The highest BCUT2D eigenvalue weighted by Crippen LogP contribution is 2.19. The van der Waals surface area contributed by atoms with Crippen molar-refractivity contribution in [1.82, 2.24) is 10.2 Å². The molecular weight excluding hydrogens is 276 g/mol. The van der Waals surface area contributed by atoms with Crippen LogP contribution in [0.1, 0.15) is 24.0 Å².